The van der Waals surface area contributed by atoms with E-state index in [1.165, 1.54) is 21.2 Å². The predicted molar refractivity (Wildman–Crippen MR) is 147 cm³/mol. The van der Waals surface area contributed by atoms with Gasteiger partial charge < -0.3 is 49.6 Å². The molecule has 1 unspecified atom stereocenters. The van der Waals surface area contributed by atoms with Gasteiger partial charge in [0.05, 0.1) is 0 Å². The van der Waals surface area contributed by atoms with E-state index in [2.05, 4.69) is 135 Å². The molecule has 4 aromatic rings. The number of hydrogen-bond donors (Lipinski definition) is 0. The molecule has 0 aliphatic carbocycles. The second-order valence-corrected chi connectivity index (χ2v) is 14.5. The SMILES string of the molecule is C[C@H]([Ni+2])CP(c1ccccc1)c1ccccc1.C[CH]([Ni+2])CP(c1ccccc1)c1ccccc1.[Cl-].[Cl-].[Cl-].[Cl-]. The molecule has 0 nitrogen and oxygen atoms in total. The zero-order chi connectivity index (χ0) is 24.2. The molecule has 0 radical (unpaired) electrons. The van der Waals surface area contributed by atoms with Gasteiger partial charge in [-0.3, -0.25) is 0 Å². The first-order valence-corrected chi connectivity index (χ1v) is 15.7. The van der Waals surface area contributed by atoms with Gasteiger partial charge in [-0.05, 0) is 0 Å². The van der Waals surface area contributed by atoms with E-state index in [1.807, 2.05) is 0 Å². The topological polar surface area (TPSA) is 0 Å². The summed E-state index contributed by atoms with van der Waals surface area (Å²) >= 11 is 10.1. The van der Waals surface area contributed by atoms with Crippen LogP contribution in [0.4, 0.5) is 0 Å². The van der Waals surface area contributed by atoms with Crippen LogP contribution in [0.15, 0.2) is 121 Å². The molecule has 0 fully saturated rings. The summed E-state index contributed by atoms with van der Waals surface area (Å²) in [4.78, 5) is 0.725. The summed E-state index contributed by atoms with van der Waals surface area (Å²) in [7, 11) is -0.568. The fraction of sp³-hybridized carbons (Fsp3) is 0.200. The van der Waals surface area contributed by atoms with E-state index in [-0.39, 0.29) is 65.5 Å². The van der Waals surface area contributed by atoms with Crippen LogP contribution in [0.25, 0.3) is 0 Å². The van der Waals surface area contributed by atoms with Crippen LogP contribution in [0.1, 0.15) is 13.8 Å². The molecule has 4 aromatic carbocycles. The zero-order valence-electron chi connectivity index (χ0n) is 21.2. The first-order valence-electron chi connectivity index (χ1n) is 11.5. The third-order valence-electron chi connectivity index (χ3n) is 5.12. The van der Waals surface area contributed by atoms with Gasteiger partial charge >= 0.3 is 225 Å². The normalized spacial score (nSPS) is 11.3. The van der Waals surface area contributed by atoms with Gasteiger partial charge in [-0.2, -0.15) is 0 Å². The van der Waals surface area contributed by atoms with E-state index in [0.29, 0.717) is 9.78 Å². The van der Waals surface area contributed by atoms with Crippen LogP contribution in [0.2, 0.25) is 9.78 Å². The molecule has 8 heteroatoms. The van der Waals surface area contributed by atoms with Crippen molar-refractivity contribution in [3.05, 3.63) is 121 Å². The second-order valence-electron chi connectivity index (χ2n) is 8.00. The summed E-state index contributed by atoms with van der Waals surface area (Å²) in [5.74, 6) is 0. The maximum absolute atomic E-state index is 5.06. The summed E-state index contributed by atoms with van der Waals surface area (Å²) in [6, 6.07) is 43.0. The maximum atomic E-state index is 5.06. The van der Waals surface area contributed by atoms with Gasteiger partial charge in [-0.1, -0.05) is 0 Å². The first-order chi connectivity index (χ1) is 16.5. The first kappa shape index (κ1) is 40.0. The van der Waals surface area contributed by atoms with Gasteiger partial charge in [0, 0.05) is 0 Å². The maximum Gasteiger partial charge on any atom is -1.00 e. The van der Waals surface area contributed by atoms with Crippen molar-refractivity contribution < 1.29 is 80.6 Å². The van der Waals surface area contributed by atoms with Gasteiger partial charge in [0.2, 0.25) is 0 Å². The molecule has 0 amide bonds. The van der Waals surface area contributed by atoms with Crippen LogP contribution in [-0.2, 0) is 30.9 Å². The van der Waals surface area contributed by atoms with Gasteiger partial charge in [0.25, 0.3) is 0 Å². The molecule has 4 rings (SSSR count). The van der Waals surface area contributed by atoms with Crippen LogP contribution in [-0.4, -0.2) is 12.3 Å². The Morgan fingerprint density at radius 1 is 0.421 bits per heavy atom. The molecule has 0 spiro atoms. The van der Waals surface area contributed by atoms with E-state index in [9.17, 15) is 0 Å². The molecule has 210 valence electrons. The van der Waals surface area contributed by atoms with Crippen molar-refractivity contribution >= 4 is 37.1 Å². The summed E-state index contributed by atoms with van der Waals surface area (Å²) < 4.78 is 0. The Bertz CT molecular complexity index is 906. The monoisotopic (exact) mass is 710 g/mol. The summed E-state index contributed by atoms with van der Waals surface area (Å²) in [5.41, 5.74) is 0. The minimum Gasteiger partial charge on any atom is -1.00 e. The van der Waals surface area contributed by atoms with Crippen LogP contribution in [0, 0.1) is 0 Å². The van der Waals surface area contributed by atoms with Gasteiger partial charge in [0.1, 0.15) is 0 Å². The van der Waals surface area contributed by atoms with E-state index in [0.717, 1.165) is 12.3 Å². The fourth-order valence-electron chi connectivity index (χ4n) is 3.63. The molecule has 38 heavy (non-hydrogen) atoms. The Labute approximate surface area is 272 Å². The van der Waals surface area contributed by atoms with Gasteiger partial charge in [0.15, 0.2) is 0 Å². The smallest absolute Gasteiger partial charge is 1.00 e. The quantitative estimate of drug-likeness (QED) is 0.127. The zero-order valence-corrected chi connectivity index (χ0v) is 27.9. The number of rotatable bonds is 8. The molecule has 2 atom stereocenters. The molecule has 0 saturated carbocycles. The Hall–Kier alpha value is -0.113. The standard InChI is InChI=1S/2C15H16P.4ClH.2Ni/c2*1-2-13-16(14-9-5-3-6-10-14)15-11-7-4-8-12-15;;;;;;/h2*2-12H,13H2,1H3;4*1H;;/q;;;;;;2*+2/p-4. The van der Waals surface area contributed by atoms with Crippen LogP contribution in [0.5, 0.6) is 0 Å². The van der Waals surface area contributed by atoms with Crippen molar-refractivity contribution in [2.45, 2.75) is 23.6 Å². The molecule has 0 aliphatic rings. The van der Waals surface area contributed by atoms with Crippen molar-refractivity contribution in [2.24, 2.45) is 0 Å². The molecule has 0 aliphatic heterocycles. The van der Waals surface area contributed by atoms with Crippen molar-refractivity contribution in [3.8, 4) is 0 Å². The van der Waals surface area contributed by atoms with E-state index in [4.69, 9.17) is 30.9 Å². The van der Waals surface area contributed by atoms with Crippen LogP contribution >= 0.6 is 15.8 Å². The molecule has 0 bridgehead atoms. The van der Waals surface area contributed by atoms with Gasteiger partial charge in [-0.15, -0.1) is 0 Å². The largest absolute Gasteiger partial charge is 1.00 e. The number of hydrogen-bond acceptors (Lipinski definition) is 0. The molecule has 0 aromatic heterocycles. The Kier molecular flexibility index (Phi) is 23.8. The average molecular weight is 714 g/mol. The minimum absolute atomic E-state index is 0. The molecule has 0 saturated heterocycles. The van der Waals surface area contributed by atoms with Crippen molar-refractivity contribution in [1.29, 1.82) is 0 Å². The van der Waals surface area contributed by atoms with E-state index >= 15 is 0 Å². The molecular formula is C30H32Cl4Ni2P2. The molecule has 0 heterocycles. The Morgan fingerprint density at radius 2 is 0.605 bits per heavy atom. The summed E-state index contributed by atoms with van der Waals surface area (Å²) in [6.45, 7) is 4.28. The summed E-state index contributed by atoms with van der Waals surface area (Å²) in [6.07, 6.45) is 2.20. The second kappa shape index (κ2) is 22.6. The Balaban J connectivity index is 0. The third kappa shape index (κ3) is 14.0. The van der Waals surface area contributed by atoms with Crippen LogP contribution in [0.3, 0.4) is 0 Å². The minimum atomic E-state index is -0.284. The van der Waals surface area contributed by atoms with Crippen LogP contribution < -0.4 is 70.8 Å². The third-order valence-corrected chi connectivity index (χ3v) is 11.6. The van der Waals surface area contributed by atoms with Gasteiger partial charge in [-0.25, -0.2) is 0 Å². The number of benzene rings is 4. The predicted octanol–water partition coefficient (Wildman–Crippen LogP) is -5.03. The van der Waals surface area contributed by atoms with Crippen molar-refractivity contribution in [3.63, 3.8) is 0 Å². The Morgan fingerprint density at radius 3 is 0.763 bits per heavy atom. The molecule has 0 N–H and O–H groups in total. The van der Waals surface area contributed by atoms with Crippen molar-refractivity contribution in [2.75, 3.05) is 12.3 Å². The fourth-order valence-corrected chi connectivity index (χ4v) is 9.24. The number of halogens is 4. The molecular weight excluding hydrogens is 681 g/mol. The summed E-state index contributed by atoms with van der Waals surface area (Å²) in [5, 5.41) is 5.71. The van der Waals surface area contributed by atoms with E-state index < -0.39 is 0 Å². The average Bonchev–Trinajstić information content (AvgIpc) is 2.88. The van der Waals surface area contributed by atoms with E-state index in [1.54, 1.807) is 0 Å². The van der Waals surface area contributed by atoms with Crippen molar-refractivity contribution in [1.82, 2.24) is 0 Å².